The van der Waals surface area contributed by atoms with Gasteiger partial charge in [0.2, 0.25) is 0 Å². The highest BCUT2D eigenvalue weighted by molar-refractivity contribution is 7.89. The Morgan fingerprint density at radius 3 is 2.64 bits per heavy atom. The second kappa shape index (κ2) is 13.2. The van der Waals surface area contributed by atoms with Gasteiger partial charge in [0.05, 0.1) is 30.1 Å². The summed E-state index contributed by atoms with van der Waals surface area (Å²) in [4.78, 5) is 15.7. The molecule has 1 atom stereocenters. The predicted molar refractivity (Wildman–Crippen MR) is 159 cm³/mol. The molecule has 2 fully saturated rings. The molecule has 15 heteroatoms. The third kappa shape index (κ3) is 7.17. The molecule has 0 aliphatic carbocycles. The lowest BCUT2D eigenvalue weighted by Crippen LogP contribution is -2.58. The Balaban J connectivity index is 1.18. The van der Waals surface area contributed by atoms with E-state index in [0.717, 1.165) is 57.5 Å². The number of piperazine rings is 1. The minimum atomic E-state index is -3.91. The summed E-state index contributed by atoms with van der Waals surface area (Å²) in [5, 5.41) is 12.4. The molecule has 2 saturated heterocycles. The van der Waals surface area contributed by atoms with Crippen molar-refractivity contribution in [3.63, 3.8) is 0 Å². The molecule has 4 heterocycles. The van der Waals surface area contributed by atoms with Crippen LogP contribution in [-0.2, 0) is 16.8 Å². The SMILES string of the molecule is CC[C@H]1CN(c2ncc(NC3=NS(=O)(=O)NC3=NCCO)cc2Cl)CCN1C1CCN(Cc2ccc(F)c(F)c2)CC1. The molecule has 42 heavy (non-hydrogen) atoms. The number of piperidine rings is 1. The summed E-state index contributed by atoms with van der Waals surface area (Å²) in [6.45, 7) is 6.80. The van der Waals surface area contributed by atoms with Gasteiger partial charge >= 0.3 is 10.2 Å². The summed E-state index contributed by atoms with van der Waals surface area (Å²) >= 11 is 6.66. The lowest BCUT2D eigenvalue weighted by atomic mass is 9.98. The molecule has 0 bridgehead atoms. The summed E-state index contributed by atoms with van der Waals surface area (Å²) in [5.41, 5.74) is 1.24. The first-order valence-electron chi connectivity index (χ1n) is 14.0. The van der Waals surface area contributed by atoms with Gasteiger partial charge in [-0.15, -0.1) is 4.40 Å². The van der Waals surface area contributed by atoms with Gasteiger partial charge < -0.3 is 15.3 Å². The zero-order valence-electron chi connectivity index (χ0n) is 23.3. The van der Waals surface area contributed by atoms with Crippen LogP contribution in [0.25, 0.3) is 0 Å². The van der Waals surface area contributed by atoms with Crippen LogP contribution in [0.15, 0.2) is 39.9 Å². The number of aliphatic hydroxyl groups is 1. The molecule has 11 nitrogen and oxygen atoms in total. The number of amidine groups is 2. The molecule has 0 saturated carbocycles. The van der Waals surface area contributed by atoms with Crippen LogP contribution in [0.5, 0.6) is 0 Å². The molecule has 0 amide bonds. The monoisotopic (exact) mass is 624 g/mol. The molecule has 3 aliphatic heterocycles. The Morgan fingerprint density at radius 1 is 1.17 bits per heavy atom. The highest BCUT2D eigenvalue weighted by Gasteiger charge is 2.34. The van der Waals surface area contributed by atoms with E-state index in [1.165, 1.54) is 12.1 Å². The van der Waals surface area contributed by atoms with Crippen molar-refractivity contribution in [2.75, 3.05) is 56.1 Å². The largest absolute Gasteiger partial charge is 0.394 e. The van der Waals surface area contributed by atoms with Gasteiger partial charge in [0.15, 0.2) is 23.3 Å². The average molecular weight is 625 g/mol. The quantitative estimate of drug-likeness (QED) is 0.409. The van der Waals surface area contributed by atoms with E-state index in [9.17, 15) is 17.2 Å². The number of halogens is 3. The van der Waals surface area contributed by atoms with Crippen molar-refractivity contribution in [3.8, 4) is 0 Å². The van der Waals surface area contributed by atoms with Crippen molar-refractivity contribution in [2.24, 2.45) is 9.39 Å². The molecule has 2 aromatic rings. The van der Waals surface area contributed by atoms with Crippen molar-refractivity contribution >= 4 is 45.0 Å². The Morgan fingerprint density at radius 2 is 1.95 bits per heavy atom. The third-order valence-corrected chi connectivity index (χ3v) is 8.98. The Hall–Kier alpha value is -2.91. The van der Waals surface area contributed by atoms with Crippen LogP contribution in [0.3, 0.4) is 0 Å². The molecule has 0 spiro atoms. The smallest absolute Gasteiger partial charge is 0.345 e. The molecule has 228 valence electrons. The van der Waals surface area contributed by atoms with Gasteiger partial charge in [0.25, 0.3) is 0 Å². The molecule has 5 rings (SSSR count). The number of aromatic nitrogens is 1. The predicted octanol–water partition coefficient (Wildman–Crippen LogP) is 2.63. The normalized spacial score (nSPS) is 22.8. The maximum Gasteiger partial charge on any atom is 0.345 e. The Labute approximate surface area is 249 Å². The number of nitrogens with zero attached hydrogens (tertiary/aromatic N) is 6. The zero-order valence-corrected chi connectivity index (χ0v) is 24.9. The lowest BCUT2D eigenvalue weighted by Gasteiger charge is -2.47. The van der Waals surface area contributed by atoms with Crippen LogP contribution in [-0.4, -0.2) is 97.9 Å². The third-order valence-electron chi connectivity index (χ3n) is 7.83. The molecule has 1 aromatic heterocycles. The number of pyridine rings is 1. The van der Waals surface area contributed by atoms with Crippen molar-refractivity contribution < 1.29 is 22.3 Å². The molecule has 0 radical (unpaired) electrons. The molecule has 0 unspecified atom stereocenters. The van der Waals surface area contributed by atoms with Gasteiger partial charge in [0, 0.05) is 38.3 Å². The second-order valence-corrected chi connectivity index (χ2v) is 12.4. The number of aliphatic imine (C=N–C) groups is 1. The van der Waals surface area contributed by atoms with Crippen molar-refractivity contribution in [1.29, 1.82) is 0 Å². The number of rotatable bonds is 8. The fourth-order valence-electron chi connectivity index (χ4n) is 5.79. The number of anilines is 2. The van der Waals surface area contributed by atoms with Crippen LogP contribution >= 0.6 is 11.6 Å². The Kier molecular flexibility index (Phi) is 9.57. The van der Waals surface area contributed by atoms with E-state index in [0.29, 0.717) is 35.2 Å². The van der Waals surface area contributed by atoms with Crippen LogP contribution in [0.4, 0.5) is 20.3 Å². The first-order valence-corrected chi connectivity index (χ1v) is 15.9. The van der Waals surface area contributed by atoms with Crippen LogP contribution in [0, 0.1) is 11.6 Å². The first kappa shape index (κ1) is 30.5. The van der Waals surface area contributed by atoms with Gasteiger partial charge in [-0.05, 0) is 56.1 Å². The number of hydrogen-bond acceptors (Lipinski definition) is 9. The number of hydrogen-bond donors (Lipinski definition) is 3. The first-order chi connectivity index (χ1) is 20.2. The van der Waals surface area contributed by atoms with Gasteiger partial charge in [-0.1, -0.05) is 24.6 Å². The van der Waals surface area contributed by atoms with Crippen molar-refractivity contribution in [3.05, 3.63) is 52.7 Å². The summed E-state index contributed by atoms with van der Waals surface area (Å²) in [6.07, 6.45) is 4.57. The van der Waals surface area contributed by atoms with Crippen LogP contribution < -0.4 is 14.9 Å². The molecular formula is C27H35ClF2N8O3S. The van der Waals surface area contributed by atoms with E-state index < -0.39 is 21.8 Å². The lowest BCUT2D eigenvalue weighted by molar-refractivity contribution is 0.0610. The van der Waals surface area contributed by atoms with Crippen molar-refractivity contribution in [1.82, 2.24) is 19.5 Å². The second-order valence-electron chi connectivity index (χ2n) is 10.6. The minimum absolute atomic E-state index is 0.00426. The van der Waals surface area contributed by atoms with Gasteiger partial charge in [-0.25, -0.2) is 18.5 Å². The molecule has 1 aromatic carbocycles. The summed E-state index contributed by atoms with van der Waals surface area (Å²) in [5.74, 6) is -0.944. The number of benzene rings is 1. The maximum absolute atomic E-state index is 13.6. The summed E-state index contributed by atoms with van der Waals surface area (Å²) in [6, 6.07) is 6.57. The summed E-state index contributed by atoms with van der Waals surface area (Å²) in [7, 11) is -3.91. The van der Waals surface area contributed by atoms with E-state index in [2.05, 4.69) is 46.0 Å². The highest BCUT2D eigenvalue weighted by atomic mass is 35.5. The van der Waals surface area contributed by atoms with Gasteiger partial charge in [-0.2, -0.15) is 8.42 Å². The van der Waals surface area contributed by atoms with E-state index in [4.69, 9.17) is 16.7 Å². The van der Waals surface area contributed by atoms with Crippen molar-refractivity contribution in [2.45, 2.75) is 44.8 Å². The Bertz CT molecular complexity index is 1450. The fourth-order valence-corrected chi connectivity index (χ4v) is 6.90. The summed E-state index contributed by atoms with van der Waals surface area (Å²) < 4.78 is 56.5. The van der Waals surface area contributed by atoms with Gasteiger partial charge in [-0.3, -0.25) is 14.8 Å². The topological polar surface area (TPSA) is 126 Å². The number of likely N-dealkylation sites (tertiary alicyclic amines) is 1. The van der Waals surface area contributed by atoms with E-state index in [-0.39, 0.29) is 24.8 Å². The average Bonchev–Trinajstić information content (AvgIpc) is 3.26. The fraction of sp³-hybridized carbons (Fsp3) is 0.519. The number of aliphatic hydroxyl groups excluding tert-OH is 1. The van der Waals surface area contributed by atoms with E-state index in [1.807, 2.05) is 0 Å². The molecule has 3 N–H and O–H groups in total. The molecule has 3 aliphatic rings. The standard InChI is InChI=1S/C27H35ClF2N8O3S/c1-2-20-17-37(10-11-38(20)21-5-8-36(9-6-21)16-18-3-4-23(29)24(30)13-18)27-22(28)14-19(15-32-27)33-26-25(31-7-12-39)34-42(40,41)35-26/h3-4,13-15,20-21,39H,2,5-12,16-17H2,1H3,(H,31,34)(H,33,35)/t20-/m0/s1. The minimum Gasteiger partial charge on any atom is -0.394 e. The zero-order chi connectivity index (χ0) is 29.9. The van der Waals surface area contributed by atoms with Gasteiger partial charge in [0.1, 0.15) is 5.82 Å². The van der Waals surface area contributed by atoms with E-state index in [1.54, 1.807) is 18.3 Å². The van der Waals surface area contributed by atoms with Crippen LogP contribution in [0.1, 0.15) is 31.7 Å². The maximum atomic E-state index is 13.6. The molecular weight excluding hydrogens is 590 g/mol. The van der Waals surface area contributed by atoms with Crippen LogP contribution in [0.2, 0.25) is 5.02 Å². The van der Waals surface area contributed by atoms with E-state index >= 15 is 0 Å². The number of nitrogens with one attached hydrogen (secondary N) is 2. The highest BCUT2D eigenvalue weighted by Crippen LogP contribution is 2.31.